The van der Waals surface area contributed by atoms with Crippen LogP contribution in [0.4, 0.5) is 0 Å². The second-order valence-corrected chi connectivity index (χ2v) is 9.14. The van der Waals surface area contributed by atoms with Crippen LogP contribution in [0.2, 0.25) is 0 Å². The summed E-state index contributed by atoms with van der Waals surface area (Å²) < 4.78 is 3.86. The van der Waals surface area contributed by atoms with Crippen LogP contribution >= 0.6 is 11.8 Å². The van der Waals surface area contributed by atoms with Gasteiger partial charge >= 0.3 is 0 Å². The van der Waals surface area contributed by atoms with Gasteiger partial charge in [0, 0.05) is 5.92 Å². The number of amides is 1. The Morgan fingerprint density at radius 3 is 2.61 bits per heavy atom. The van der Waals surface area contributed by atoms with Gasteiger partial charge in [0.25, 0.3) is 0 Å². The van der Waals surface area contributed by atoms with E-state index in [2.05, 4.69) is 42.3 Å². The molecule has 0 saturated heterocycles. The van der Waals surface area contributed by atoms with E-state index >= 15 is 0 Å². The van der Waals surface area contributed by atoms with Gasteiger partial charge in [0.05, 0.1) is 24.0 Å². The fraction of sp³-hybridized carbons (Fsp3) is 0.292. The summed E-state index contributed by atoms with van der Waals surface area (Å²) in [7, 11) is 0. The van der Waals surface area contributed by atoms with E-state index in [9.17, 15) is 4.79 Å². The Bertz CT molecular complexity index is 1200. The number of nitrogens with one attached hydrogen (secondary N) is 1. The summed E-state index contributed by atoms with van der Waals surface area (Å²) in [6.07, 6.45) is 5.47. The molecule has 168 valence electrons. The van der Waals surface area contributed by atoms with Crippen LogP contribution in [-0.2, 0) is 11.3 Å². The molecular weight excluding hydrogens is 434 g/mol. The number of aromatic nitrogens is 6. The number of carbonyl (C=O) groups excluding carboxylic acids is 1. The Balaban J connectivity index is 1.20. The summed E-state index contributed by atoms with van der Waals surface area (Å²) in [5, 5.41) is 16.8. The first kappa shape index (κ1) is 21.4. The van der Waals surface area contributed by atoms with Gasteiger partial charge in [0.1, 0.15) is 18.5 Å². The lowest BCUT2D eigenvalue weighted by Crippen LogP contribution is -2.28. The van der Waals surface area contributed by atoms with Gasteiger partial charge in [-0.1, -0.05) is 54.2 Å². The molecule has 1 amide bonds. The Kier molecular flexibility index (Phi) is 6.21. The van der Waals surface area contributed by atoms with Gasteiger partial charge in [-0.15, -0.1) is 10.2 Å². The highest BCUT2D eigenvalue weighted by Gasteiger charge is 2.30. The van der Waals surface area contributed by atoms with Gasteiger partial charge in [0.2, 0.25) is 5.91 Å². The predicted molar refractivity (Wildman–Crippen MR) is 126 cm³/mol. The van der Waals surface area contributed by atoms with Crippen molar-refractivity contribution in [2.45, 2.75) is 43.4 Å². The SMILES string of the molecule is C[C@H](NC(=O)CSc1nnc(C2CC2)n1Cc1ccccc1)c1ccc(-n2cncn2)cc1. The number of benzene rings is 2. The molecule has 0 bridgehead atoms. The van der Waals surface area contributed by atoms with Crippen molar-refractivity contribution in [2.75, 3.05) is 5.75 Å². The fourth-order valence-electron chi connectivity index (χ4n) is 3.72. The predicted octanol–water partition coefficient (Wildman–Crippen LogP) is 3.75. The van der Waals surface area contributed by atoms with Crippen LogP contribution in [0.3, 0.4) is 0 Å². The zero-order valence-electron chi connectivity index (χ0n) is 18.3. The normalized spacial score (nSPS) is 14.2. The topological polar surface area (TPSA) is 90.5 Å². The first-order valence-electron chi connectivity index (χ1n) is 11.0. The molecule has 2 aromatic heterocycles. The molecule has 2 aromatic carbocycles. The van der Waals surface area contributed by atoms with Crippen molar-refractivity contribution in [2.24, 2.45) is 0 Å². The van der Waals surface area contributed by atoms with Crippen LogP contribution < -0.4 is 5.32 Å². The molecule has 33 heavy (non-hydrogen) atoms. The molecule has 1 aliphatic carbocycles. The molecule has 0 spiro atoms. The molecule has 2 heterocycles. The number of nitrogens with zero attached hydrogens (tertiary/aromatic N) is 6. The highest BCUT2D eigenvalue weighted by Crippen LogP contribution is 2.40. The Morgan fingerprint density at radius 2 is 1.91 bits per heavy atom. The van der Waals surface area contributed by atoms with Crippen molar-refractivity contribution in [3.8, 4) is 5.69 Å². The molecule has 1 N–H and O–H groups in total. The number of carbonyl (C=O) groups is 1. The highest BCUT2D eigenvalue weighted by molar-refractivity contribution is 7.99. The minimum atomic E-state index is -0.105. The third kappa shape index (κ3) is 5.14. The molecule has 4 aromatic rings. The van der Waals surface area contributed by atoms with Gasteiger partial charge in [0.15, 0.2) is 5.16 Å². The summed E-state index contributed by atoms with van der Waals surface area (Å²) in [6.45, 7) is 2.70. The van der Waals surface area contributed by atoms with Crippen molar-refractivity contribution < 1.29 is 4.79 Å². The smallest absolute Gasteiger partial charge is 0.230 e. The van der Waals surface area contributed by atoms with Gasteiger partial charge in [-0.05, 0) is 43.0 Å². The molecule has 1 atom stereocenters. The first-order chi connectivity index (χ1) is 16.2. The van der Waals surface area contributed by atoms with Gasteiger partial charge in [-0.2, -0.15) is 5.10 Å². The molecule has 0 aliphatic heterocycles. The minimum absolute atomic E-state index is 0.0323. The lowest BCUT2D eigenvalue weighted by Gasteiger charge is -2.15. The quantitative estimate of drug-likeness (QED) is 0.383. The maximum atomic E-state index is 12.7. The van der Waals surface area contributed by atoms with E-state index in [4.69, 9.17) is 0 Å². The fourth-order valence-corrected chi connectivity index (χ4v) is 4.47. The molecule has 0 radical (unpaired) electrons. The molecule has 1 aliphatic rings. The van der Waals surface area contributed by atoms with Crippen LogP contribution in [0, 0.1) is 0 Å². The van der Waals surface area contributed by atoms with E-state index in [1.54, 1.807) is 11.0 Å². The summed E-state index contributed by atoms with van der Waals surface area (Å²) in [5.74, 6) is 1.78. The second-order valence-electron chi connectivity index (χ2n) is 8.20. The average Bonchev–Trinajstić information content (AvgIpc) is 3.38. The van der Waals surface area contributed by atoms with Crippen molar-refractivity contribution in [3.05, 3.63) is 84.2 Å². The maximum absolute atomic E-state index is 12.7. The van der Waals surface area contributed by atoms with Crippen molar-refractivity contribution in [1.82, 2.24) is 34.8 Å². The lowest BCUT2D eigenvalue weighted by atomic mass is 10.1. The summed E-state index contributed by atoms with van der Waals surface area (Å²) in [6, 6.07) is 18.1. The number of hydrogen-bond acceptors (Lipinski definition) is 6. The number of hydrogen-bond donors (Lipinski definition) is 1. The number of thioether (sulfide) groups is 1. The van der Waals surface area contributed by atoms with E-state index in [1.807, 2.05) is 49.4 Å². The van der Waals surface area contributed by atoms with E-state index in [-0.39, 0.29) is 11.9 Å². The third-order valence-electron chi connectivity index (χ3n) is 5.66. The maximum Gasteiger partial charge on any atom is 0.230 e. The Morgan fingerprint density at radius 1 is 1.12 bits per heavy atom. The zero-order valence-corrected chi connectivity index (χ0v) is 19.2. The Hall–Kier alpha value is -3.46. The summed E-state index contributed by atoms with van der Waals surface area (Å²) in [4.78, 5) is 16.6. The van der Waals surface area contributed by atoms with Crippen LogP contribution in [0.5, 0.6) is 0 Å². The monoisotopic (exact) mass is 459 g/mol. The highest BCUT2D eigenvalue weighted by atomic mass is 32.2. The molecular formula is C24H25N7OS. The molecule has 1 saturated carbocycles. The zero-order chi connectivity index (χ0) is 22.6. The van der Waals surface area contributed by atoms with E-state index in [0.29, 0.717) is 11.7 Å². The largest absolute Gasteiger partial charge is 0.349 e. The van der Waals surface area contributed by atoms with Crippen molar-refractivity contribution >= 4 is 17.7 Å². The molecule has 0 unspecified atom stereocenters. The van der Waals surface area contributed by atoms with Crippen LogP contribution in [0.25, 0.3) is 5.69 Å². The van der Waals surface area contributed by atoms with Gasteiger partial charge in [-0.3, -0.25) is 4.79 Å². The molecule has 1 fully saturated rings. The van der Waals surface area contributed by atoms with Gasteiger partial charge in [-0.25, -0.2) is 9.67 Å². The van der Waals surface area contributed by atoms with Crippen molar-refractivity contribution in [3.63, 3.8) is 0 Å². The van der Waals surface area contributed by atoms with Gasteiger partial charge < -0.3 is 9.88 Å². The molecule has 8 nitrogen and oxygen atoms in total. The third-order valence-corrected chi connectivity index (χ3v) is 6.62. The average molecular weight is 460 g/mol. The first-order valence-corrected chi connectivity index (χ1v) is 12.0. The number of rotatable bonds is 9. The van der Waals surface area contributed by atoms with Crippen LogP contribution in [0.15, 0.2) is 72.4 Å². The Labute approximate surface area is 196 Å². The summed E-state index contributed by atoms with van der Waals surface area (Å²) in [5.41, 5.74) is 3.16. The van der Waals surface area contributed by atoms with E-state index in [0.717, 1.165) is 41.6 Å². The summed E-state index contributed by atoms with van der Waals surface area (Å²) >= 11 is 1.44. The van der Waals surface area contributed by atoms with Crippen LogP contribution in [-0.4, -0.2) is 41.2 Å². The van der Waals surface area contributed by atoms with E-state index in [1.165, 1.54) is 23.7 Å². The van der Waals surface area contributed by atoms with E-state index < -0.39 is 0 Å². The van der Waals surface area contributed by atoms with Crippen LogP contribution in [0.1, 0.15) is 48.7 Å². The lowest BCUT2D eigenvalue weighted by molar-refractivity contribution is -0.119. The molecule has 9 heteroatoms. The minimum Gasteiger partial charge on any atom is -0.349 e. The second kappa shape index (κ2) is 9.58. The molecule has 5 rings (SSSR count). The standard InChI is InChI=1S/C24H25N7OS/c1-17(19-9-11-21(12-10-19)31-16-25-15-26-31)27-22(32)14-33-24-29-28-23(20-7-8-20)30(24)13-18-5-3-2-4-6-18/h2-6,9-12,15-17,20H,7-8,13-14H2,1H3,(H,27,32)/t17-/m0/s1. The van der Waals surface area contributed by atoms with Crippen molar-refractivity contribution in [1.29, 1.82) is 0 Å².